The van der Waals surface area contributed by atoms with Crippen LogP contribution in [0.2, 0.25) is 0 Å². The van der Waals surface area contributed by atoms with Gasteiger partial charge in [-0.15, -0.1) is 0 Å². The lowest BCUT2D eigenvalue weighted by Gasteiger charge is -2.34. The molecule has 118 valence electrons. The largest absolute Gasteiger partial charge is 0.507 e. The van der Waals surface area contributed by atoms with Crippen LogP contribution < -0.4 is 0 Å². The normalized spacial score (nSPS) is 14.6. The van der Waals surface area contributed by atoms with Crippen LogP contribution in [0.5, 0.6) is 5.75 Å². The van der Waals surface area contributed by atoms with Gasteiger partial charge in [0.2, 0.25) is 0 Å². The number of carbonyl (C=O) groups excluding carboxylic acids is 2. The monoisotopic (exact) mass is 311 g/mol. The van der Waals surface area contributed by atoms with Crippen molar-refractivity contribution in [3.05, 3.63) is 59.9 Å². The van der Waals surface area contributed by atoms with Crippen LogP contribution in [-0.4, -0.2) is 57.9 Å². The molecule has 3 rings (SSSR count). The SMILES string of the molecule is O=C(c1cccnc1)N1CCN(C(=O)c2ccccc2O)CC1. The molecule has 0 unspecified atom stereocenters. The molecule has 1 fully saturated rings. The van der Waals surface area contributed by atoms with E-state index in [1.165, 1.54) is 6.07 Å². The van der Waals surface area contributed by atoms with Crippen molar-refractivity contribution in [2.24, 2.45) is 0 Å². The van der Waals surface area contributed by atoms with E-state index >= 15 is 0 Å². The van der Waals surface area contributed by atoms with Crippen LogP contribution in [0.15, 0.2) is 48.8 Å². The highest BCUT2D eigenvalue weighted by Crippen LogP contribution is 2.19. The molecule has 2 amide bonds. The second-order valence-electron chi connectivity index (χ2n) is 5.34. The number of phenolic OH excluding ortho intramolecular Hbond substituents is 1. The number of phenols is 1. The molecule has 1 aliphatic heterocycles. The quantitative estimate of drug-likeness (QED) is 0.909. The number of nitrogens with zero attached hydrogens (tertiary/aromatic N) is 3. The Morgan fingerprint density at radius 3 is 2.17 bits per heavy atom. The van der Waals surface area contributed by atoms with Gasteiger partial charge in [0, 0.05) is 38.6 Å². The van der Waals surface area contributed by atoms with E-state index in [0.717, 1.165) is 0 Å². The molecule has 2 heterocycles. The van der Waals surface area contributed by atoms with Crippen LogP contribution in [0.4, 0.5) is 0 Å². The lowest BCUT2D eigenvalue weighted by Crippen LogP contribution is -2.50. The number of aromatic nitrogens is 1. The number of piperazine rings is 1. The molecule has 1 aromatic heterocycles. The first kappa shape index (κ1) is 15.0. The fourth-order valence-electron chi connectivity index (χ4n) is 2.61. The molecule has 0 spiro atoms. The van der Waals surface area contributed by atoms with Crippen molar-refractivity contribution in [2.45, 2.75) is 0 Å². The summed E-state index contributed by atoms with van der Waals surface area (Å²) >= 11 is 0. The number of rotatable bonds is 2. The highest BCUT2D eigenvalue weighted by atomic mass is 16.3. The van der Waals surface area contributed by atoms with Gasteiger partial charge in [0.25, 0.3) is 11.8 Å². The summed E-state index contributed by atoms with van der Waals surface area (Å²) in [6.07, 6.45) is 3.17. The van der Waals surface area contributed by atoms with Crippen LogP contribution in [0, 0.1) is 0 Å². The summed E-state index contributed by atoms with van der Waals surface area (Å²) in [6.45, 7) is 1.82. The number of benzene rings is 1. The first-order valence-corrected chi connectivity index (χ1v) is 7.43. The Balaban J connectivity index is 1.64. The van der Waals surface area contributed by atoms with E-state index in [1.54, 1.807) is 52.5 Å². The van der Waals surface area contributed by atoms with E-state index in [-0.39, 0.29) is 17.6 Å². The molecule has 23 heavy (non-hydrogen) atoms. The lowest BCUT2D eigenvalue weighted by molar-refractivity contribution is 0.0533. The summed E-state index contributed by atoms with van der Waals surface area (Å²) in [4.78, 5) is 32.1. The summed E-state index contributed by atoms with van der Waals surface area (Å²) in [5.41, 5.74) is 0.840. The molecule has 6 heteroatoms. The third-order valence-corrected chi connectivity index (χ3v) is 3.90. The smallest absolute Gasteiger partial charge is 0.257 e. The van der Waals surface area contributed by atoms with Gasteiger partial charge < -0.3 is 14.9 Å². The van der Waals surface area contributed by atoms with Gasteiger partial charge in [-0.2, -0.15) is 0 Å². The summed E-state index contributed by atoms with van der Waals surface area (Å²) in [5, 5.41) is 9.78. The Morgan fingerprint density at radius 2 is 1.57 bits per heavy atom. The Labute approximate surface area is 134 Å². The highest BCUT2D eigenvalue weighted by Gasteiger charge is 2.26. The number of aromatic hydroxyl groups is 1. The second kappa shape index (κ2) is 6.48. The molecular weight excluding hydrogens is 294 g/mol. The molecule has 0 bridgehead atoms. The number of hydrogen-bond acceptors (Lipinski definition) is 4. The minimum absolute atomic E-state index is 0.0219. The van der Waals surface area contributed by atoms with Gasteiger partial charge >= 0.3 is 0 Å². The van der Waals surface area contributed by atoms with E-state index in [2.05, 4.69) is 4.98 Å². The maximum Gasteiger partial charge on any atom is 0.257 e. The predicted molar refractivity (Wildman–Crippen MR) is 84.2 cm³/mol. The zero-order chi connectivity index (χ0) is 16.2. The third kappa shape index (κ3) is 3.15. The summed E-state index contributed by atoms with van der Waals surface area (Å²) in [7, 11) is 0. The molecule has 0 atom stereocenters. The van der Waals surface area contributed by atoms with Gasteiger partial charge in [0.15, 0.2) is 0 Å². The average Bonchev–Trinajstić information content (AvgIpc) is 2.62. The van der Waals surface area contributed by atoms with E-state index in [0.29, 0.717) is 37.3 Å². The first-order valence-electron chi connectivity index (χ1n) is 7.43. The summed E-state index contributed by atoms with van der Waals surface area (Å²) < 4.78 is 0. The van der Waals surface area contributed by atoms with Gasteiger partial charge in [-0.25, -0.2) is 0 Å². The molecule has 0 aliphatic carbocycles. The Hall–Kier alpha value is -2.89. The van der Waals surface area contributed by atoms with Crippen molar-refractivity contribution < 1.29 is 14.7 Å². The van der Waals surface area contributed by atoms with E-state index in [1.807, 2.05) is 0 Å². The molecule has 2 aromatic rings. The topological polar surface area (TPSA) is 73.7 Å². The lowest BCUT2D eigenvalue weighted by atomic mass is 10.1. The van der Waals surface area contributed by atoms with Crippen LogP contribution in [0.25, 0.3) is 0 Å². The molecule has 6 nitrogen and oxygen atoms in total. The zero-order valence-corrected chi connectivity index (χ0v) is 12.6. The van der Waals surface area contributed by atoms with Gasteiger partial charge in [0.1, 0.15) is 5.75 Å². The molecule has 0 saturated carbocycles. The van der Waals surface area contributed by atoms with Crippen molar-refractivity contribution in [3.63, 3.8) is 0 Å². The van der Waals surface area contributed by atoms with Crippen molar-refractivity contribution in [1.29, 1.82) is 0 Å². The van der Waals surface area contributed by atoms with Crippen molar-refractivity contribution in [2.75, 3.05) is 26.2 Å². The summed E-state index contributed by atoms with van der Waals surface area (Å²) in [5.74, 6) is -0.310. The maximum absolute atomic E-state index is 12.4. The number of pyridine rings is 1. The number of hydrogen-bond donors (Lipinski definition) is 1. The van der Waals surface area contributed by atoms with Crippen LogP contribution in [0.1, 0.15) is 20.7 Å². The minimum atomic E-state index is -0.212. The molecule has 1 N–H and O–H groups in total. The fourth-order valence-corrected chi connectivity index (χ4v) is 2.61. The zero-order valence-electron chi connectivity index (χ0n) is 12.6. The van der Waals surface area contributed by atoms with E-state index in [4.69, 9.17) is 0 Å². The van der Waals surface area contributed by atoms with Crippen LogP contribution in [0.3, 0.4) is 0 Å². The molecule has 1 aromatic carbocycles. The molecular formula is C17H17N3O3. The standard InChI is InChI=1S/C17H17N3O3/c21-15-6-2-1-5-14(15)17(23)20-10-8-19(9-11-20)16(22)13-4-3-7-18-12-13/h1-7,12,21H,8-11H2. The Bertz CT molecular complexity index is 710. The summed E-state index contributed by atoms with van der Waals surface area (Å²) in [6, 6.07) is 9.95. The highest BCUT2D eigenvalue weighted by molar-refractivity contribution is 5.97. The minimum Gasteiger partial charge on any atom is -0.507 e. The second-order valence-corrected chi connectivity index (χ2v) is 5.34. The van der Waals surface area contributed by atoms with Gasteiger partial charge in [-0.1, -0.05) is 12.1 Å². The van der Waals surface area contributed by atoms with Crippen molar-refractivity contribution >= 4 is 11.8 Å². The number of carbonyl (C=O) groups is 2. The van der Waals surface area contributed by atoms with Crippen molar-refractivity contribution in [1.82, 2.24) is 14.8 Å². The molecule has 1 aliphatic rings. The molecule has 1 saturated heterocycles. The average molecular weight is 311 g/mol. The van der Waals surface area contributed by atoms with Crippen LogP contribution in [-0.2, 0) is 0 Å². The number of amides is 2. The van der Waals surface area contributed by atoms with E-state index in [9.17, 15) is 14.7 Å². The maximum atomic E-state index is 12.4. The van der Waals surface area contributed by atoms with Gasteiger partial charge in [-0.3, -0.25) is 14.6 Å². The Morgan fingerprint density at radius 1 is 0.913 bits per heavy atom. The number of para-hydroxylation sites is 1. The third-order valence-electron chi connectivity index (χ3n) is 3.90. The first-order chi connectivity index (χ1) is 11.2. The molecule has 0 radical (unpaired) electrons. The fraction of sp³-hybridized carbons (Fsp3) is 0.235. The van der Waals surface area contributed by atoms with E-state index < -0.39 is 0 Å². The van der Waals surface area contributed by atoms with Gasteiger partial charge in [-0.05, 0) is 24.3 Å². The van der Waals surface area contributed by atoms with Gasteiger partial charge in [0.05, 0.1) is 11.1 Å². The van der Waals surface area contributed by atoms with Crippen molar-refractivity contribution in [3.8, 4) is 5.75 Å². The van der Waals surface area contributed by atoms with Crippen LogP contribution >= 0.6 is 0 Å². The Kier molecular flexibility index (Phi) is 4.23. The predicted octanol–water partition coefficient (Wildman–Crippen LogP) is 1.39.